The maximum Gasteiger partial charge on any atom is 0.227 e. The van der Waals surface area contributed by atoms with Gasteiger partial charge in [0, 0.05) is 6.54 Å². The highest BCUT2D eigenvalue weighted by Crippen LogP contribution is 2.27. The average molecular weight is 263 g/mol. The molecule has 0 spiro atoms. The Morgan fingerprint density at radius 1 is 1.26 bits per heavy atom. The van der Waals surface area contributed by atoms with Crippen LogP contribution in [0, 0.1) is 5.92 Å². The van der Waals surface area contributed by atoms with Crippen molar-refractivity contribution in [1.82, 2.24) is 5.32 Å². The third kappa shape index (κ3) is 5.03. The molecule has 1 amide bonds. The van der Waals surface area contributed by atoms with E-state index in [9.17, 15) is 9.90 Å². The van der Waals surface area contributed by atoms with Crippen LogP contribution in [0.4, 0.5) is 0 Å². The van der Waals surface area contributed by atoms with Crippen LogP contribution in [-0.4, -0.2) is 23.7 Å². The lowest BCUT2D eigenvalue weighted by atomic mass is 9.85. The highest BCUT2D eigenvalue weighted by atomic mass is 16.3. The summed E-state index contributed by atoms with van der Waals surface area (Å²) in [7, 11) is 0. The van der Waals surface area contributed by atoms with Crippen LogP contribution in [0.5, 0.6) is 0 Å². The summed E-state index contributed by atoms with van der Waals surface area (Å²) >= 11 is 0. The minimum atomic E-state index is -0.376. The quantitative estimate of drug-likeness (QED) is 0.794. The van der Waals surface area contributed by atoms with Crippen LogP contribution >= 0.6 is 0 Å². The molecule has 3 nitrogen and oxygen atoms in total. The lowest BCUT2D eigenvalue weighted by molar-refractivity contribution is -0.123. The molecule has 2 N–H and O–H groups in total. The average Bonchev–Trinajstić information content (AvgIpc) is 2.39. The number of carbonyl (C=O) groups excluding carboxylic acids is 1. The molecule has 0 aliphatic carbocycles. The van der Waals surface area contributed by atoms with Crippen LogP contribution in [0.3, 0.4) is 0 Å². The Morgan fingerprint density at radius 2 is 1.89 bits per heavy atom. The minimum absolute atomic E-state index is 0.0567. The fourth-order valence-electron chi connectivity index (χ4n) is 2.15. The first-order chi connectivity index (χ1) is 9.06. The molecular formula is C16H25NO2. The van der Waals surface area contributed by atoms with Gasteiger partial charge in [-0.15, -0.1) is 0 Å². The summed E-state index contributed by atoms with van der Waals surface area (Å²) in [6, 6.07) is 9.90. The number of aliphatic hydroxyl groups is 1. The van der Waals surface area contributed by atoms with Gasteiger partial charge in [0.1, 0.15) is 0 Å². The molecule has 0 saturated carbocycles. The molecule has 19 heavy (non-hydrogen) atoms. The summed E-state index contributed by atoms with van der Waals surface area (Å²) in [6.45, 7) is 6.46. The van der Waals surface area contributed by atoms with Crippen molar-refractivity contribution in [2.24, 2.45) is 5.92 Å². The molecule has 0 heterocycles. The number of benzene rings is 1. The fourth-order valence-corrected chi connectivity index (χ4v) is 2.15. The molecule has 0 aliphatic heterocycles. The topological polar surface area (TPSA) is 49.3 Å². The lowest BCUT2D eigenvalue weighted by Crippen LogP contribution is -2.34. The van der Waals surface area contributed by atoms with Gasteiger partial charge in [-0.2, -0.15) is 0 Å². The van der Waals surface area contributed by atoms with E-state index < -0.39 is 0 Å². The second kappa shape index (κ2) is 7.95. The Hall–Kier alpha value is -1.35. The first-order valence-electron chi connectivity index (χ1n) is 7.07. The molecular weight excluding hydrogens is 238 g/mol. The summed E-state index contributed by atoms with van der Waals surface area (Å²) in [5, 5.41) is 12.2. The molecule has 0 saturated heterocycles. The second-order valence-corrected chi connectivity index (χ2v) is 5.20. The summed E-state index contributed by atoms with van der Waals surface area (Å²) in [6.07, 6.45) is 1.18. The predicted octanol–water partition coefficient (Wildman–Crippen LogP) is 2.70. The van der Waals surface area contributed by atoms with Gasteiger partial charge >= 0.3 is 0 Å². The van der Waals surface area contributed by atoms with E-state index in [1.54, 1.807) is 6.92 Å². The number of hydrogen-bond acceptors (Lipinski definition) is 2. The van der Waals surface area contributed by atoms with E-state index in [4.69, 9.17) is 0 Å². The molecule has 3 atom stereocenters. The van der Waals surface area contributed by atoms with Crippen molar-refractivity contribution in [3.8, 4) is 0 Å². The van der Waals surface area contributed by atoms with Crippen LogP contribution < -0.4 is 5.32 Å². The van der Waals surface area contributed by atoms with E-state index in [0.29, 0.717) is 18.9 Å². The van der Waals surface area contributed by atoms with Crippen molar-refractivity contribution >= 4 is 5.91 Å². The molecule has 1 aromatic rings. The van der Waals surface area contributed by atoms with Gasteiger partial charge in [0.05, 0.1) is 12.0 Å². The zero-order valence-corrected chi connectivity index (χ0v) is 12.1. The van der Waals surface area contributed by atoms with Crippen molar-refractivity contribution in [2.75, 3.05) is 6.54 Å². The van der Waals surface area contributed by atoms with E-state index in [1.807, 2.05) is 30.3 Å². The van der Waals surface area contributed by atoms with Crippen molar-refractivity contribution in [2.45, 2.75) is 45.6 Å². The normalized spacial score (nSPS) is 15.6. The van der Waals surface area contributed by atoms with Crippen molar-refractivity contribution in [3.63, 3.8) is 0 Å². The van der Waals surface area contributed by atoms with E-state index in [-0.39, 0.29) is 17.9 Å². The van der Waals surface area contributed by atoms with Gasteiger partial charge in [-0.1, -0.05) is 50.6 Å². The number of carbonyl (C=O) groups is 1. The van der Waals surface area contributed by atoms with Gasteiger partial charge in [0.25, 0.3) is 0 Å². The third-order valence-corrected chi connectivity index (χ3v) is 3.52. The van der Waals surface area contributed by atoms with E-state index >= 15 is 0 Å². The predicted molar refractivity (Wildman–Crippen MR) is 77.9 cm³/mol. The van der Waals surface area contributed by atoms with Gasteiger partial charge in [-0.25, -0.2) is 0 Å². The Balaban J connectivity index is 2.72. The Morgan fingerprint density at radius 3 is 2.42 bits per heavy atom. The zero-order valence-electron chi connectivity index (χ0n) is 12.1. The molecule has 1 aromatic carbocycles. The molecule has 0 bridgehead atoms. The Labute approximate surface area is 116 Å². The smallest absolute Gasteiger partial charge is 0.227 e. The molecule has 106 valence electrons. The third-order valence-electron chi connectivity index (χ3n) is 3.52. The van der Waals surface area contributed by atoms with Crippen LogP contribution in [0.15, 0.2) is 30.3 Å². The monoisotopic (exact) mass is 263 g/mol. The molecule has 0 aromatic heterocycles. The summed E-state index contributed by atoms with van der Waals surface area (Å²) in [4.78, 5) is 12.3. The number of rotatable bonds is 7. The fraction of sp³-hybridized carbons (Fsp3) is 0.562. The maximum absolute atomic E-state index is 12.3. The molecule has 3 unspecified atom stereocenters. The number of aliphatic hydroxyl groups excluding tert-OH is 1. The van der Waals surface area contributed by atoms with E-state index in [1.165, 1.54) is 0 Å². The SMILES string of the molecule is CCC(C)C(C(=O)NCCC(C)O)c1ccccc1. The van der Waals surface area contributed by atoms with Crippen molar-refractivity contribution < 1.29 is 9.90 Å². The number of nitrogens with one attached hydrogen (secondary N) is 1. The van der Waals surface area contributed by atoms with Gasteiger partial charge < -0.3 is 10.4 Å². The summed E-state index contributed by atoms with van der Waals surface area (Å²) < 4.78 is 0. The molecule has 0 fully saturated rings. The maximum atomic E-state index is 12.3. The Bertz CT molecular complexity index is 376. The van der Waals surface area contributed by atoms with Gasteiger partial charge in [-0.05, 0) is 24.8 Å². The van der Waals surface area contributed by atoms with Crippen molar-refractivity contribution in [1.29, 1.82) is 0 Å². The molecule has 1 rings (SSSR count). The second-order valence-electron chi connectivity index (χ2n) is 5.20. The van der Waals surface area contributed by atoms with Gasteiger partial charge in [0.2, 0.25) is 5.91 Å². The lowest BCUT2D eigenvalue weighted by Gasteiger charge is -2.23. The molecule has 3 heteroatoms. The summed E-state index contributed by atoms with van der Waals surface area (Å²) in [5.74, 6) is 0.246. The standard InChI is InChI=1S/C16H25NO2/c1-4-12(2)15(14-8-6-5-7-9-14)16(19)17-11-10-13(3)18/h5-9,12-13,15,18H,4,10-11H2,1-3H3,(H,17,19). The highest BCUT2D eigenvalue weighted by Gasteiger charge is 2.25. The summed E-state index contributed by atoms with van der Waals surface area (Å²) in [5.41, 5.74) is 1.06. The largest absolute Gasteiger partial charge is 0.393 e. The first-order valence-corrected chi connectivity index (χ1v) is 7.07. The van der Waals surface area contributed by atoms with E-state index in [2.05, 4.69) is 19.2 Å². The molecule has 0 aliphatic rings. The minimum Gasteiger partial charge on any atom is -0.393 e. The van der Waals surface area contributed by atoms with Crippen LogP contribution in [0.25, 0.3) is 0 Å². The van der Waals surface area contributed by atoms with E-state index in [0.717, 1.165) is 12.0 Å². The number of hydrogen-bond donors (Lipinski definition) is 2. The van der Waals surface area contributed by atoms with Gasteiger partial charge in [0.15, 0.2) is 0 Å². The molecule has 0 radical (unpaired) electrons. The zero-order chi connectivity index (χ0) is 14.3. The van der Waals surface area contributed by atoms with Crippen LogP contribution in [-0.2, 0) is 4.79 Å². The number of amides is 1. The highest BCUT2D eigenvalue weighted by molar-refractivity contribution is 5.83. The van der Waals surface area contributed by atoms with Crippen molar-refractivity contribution in [3.05, 3.63) is 35.9 Å². The van der Waals surface area contributed by atoms with Crippen LogP contribution in [0.2, 0.25) is 0 Å². The first kappa shape index (κ1) is 15.7. The van der Waals surface area contributed by atoms with Gasteiger partial charge in [-0.3, -0.25) is 4.79 Å². The Kier molecular flexibility index (Phi) is 6.57. The van der Waals surface area contributed by atoms with Crippen LogP contribution in [0.1, 0.15) is 45.1 Å².